The van der Waals surface area contributed by atoms with Crippen LogP contribution in [0.3, 0.4) is 0 Å². The molecule has 0 amide bonds. The molecule has 2 aromatic carbocycles. The second-order valence-corrected chi connectivity index (χ2v) is 5.94. The summed E-state index contributed by atoms with van der Waals surface area (Å²) >= 11 is 0. The number of fused-ring (bicyclic) bond motifs is 1. The number of methoxy groups -OCH3 is 2. The van der Waals surface area contributed by atoms with E-state index in [1.165, 1.54) is 12.1 Å². The molecule has 0 bridgehead atoms. The predicted molar refractivity (Wildman–Crippen MR) is 92.5 cm³/mol. The van der Waals surface area contributed by atoms with Gasteiger partial charge in [-0.3, -0.25) is 10.1 Å². The molecular weight excluding hydrogens is 322 g/mol. The summed E-state index contributed by atoms with van der Waals surface area (Å²) in [7, 11) is 3.19. The quantitative estimate of drug-likeness (QED) is 0.619. The van der Waals surface area contributed by atoms with E-state index in [4.69, 9.17) is 9.47 Å². The van der Waals surface area contributed by atoms with Gasteiger partial charge in [-0.2, -0.15) is 10.2 Å². The Kier molecular flexibility index (Phi) is 4.65. The number of nitrogens with zero attached hydrogens (tertiary/aromatic N) is 3. The number of non-ortho nitro benzene ring substituents is 1. The molecule has 0 saturated carbocycles. The highest BCUT2D eigenvalue weighted by molar-refractivity contribution is 5.51. The van der Waals surface area contributed by atoms with Crippen molar-refractivity contribution in [2.24, 2.45) is 10.2 Å². The first kappa shape index (κ1) is 16.9. The first-order valence-electron chi connectivity index (χ1n) is 7.92. The molecule has 1 unspecified atom stereocenters. The van der Waals surface area contributed by atoms with Crippen LogP contribution in [-0.2, 0) is 6.42 Å². The fraction of sp³-hybridized carbons (Fsp3) is 0.333. The highest BCUT2D eigenvalue weighted by Gasteiger charge is 2.24. The van der Waals surface area contributed by atoms with Crippen molar-refractivity contribution in [1.29, 1.82) is 0 Å². The molecule has 1 aliphatic rings. The summed E-state index contributed by atoms with van der Waals surface area (Å²) in [4.78, 5) is 10.5. The molecule has 2 atom stereocenters. The molecule has 3 rings (SSSR count). The van der Waals surface area contributed by atoms with Crippen molar-refractivity contribution in [2.45, 2.75) is 25.4 Å². The maximum atomic E-state index is 10.9. The third-order valence-corrected chi connectivity index (χ3v) is 4.25. The second-order valence-electron chi connectivity index (χ2n) is 5.94. The van der Waals surface area contributed by atoms with Gasteiger partial charge in [0.2, 0.25) is 0 Å². The Morgan fingerprint density at radius 3 is 2.32 bits per heavy atom. The Hall–Kier alpha value is -2.96. The van der Waals surface area contributed by atoms with Gasteiger partial charge in [-0.05, 0) is 54.3 Å². The summed E-state index contributed by atoms with van der Waals surface area (Å²) in [5, 5.41) is 19.7. The van der Waals surface area contributed by atoms with Gasteiger partial charge in [-0.15, -0.1) is 0 Å². The minimum absolute atomic E-state index is 0.0416. The van der Waals surface area contributed by atoms with Gasteiger partial charge in [0.15, 0.2) is 11.5 Å². The predicted octanol–water partition coefficient (Wildman–Crippen LogP) is 4.10. The van der Waals surface area contributed by atoms with E-state index in [9.17, 15) is 10.1 Å². The summed E-state index contributed by atoms with van der Waals surface area (Å²) in [6, 6.07) is 9.99. The van der Waals surface area contributed by atoms with Crippen molar-refractivity contribution >= 4 is 5.69 Å². The Balaban J connectivity index is 2.11. The molecule has 0 fully saturated rings. The van der Waals surface area contributed by atoms with Crippen LogP contribution < -0.4 is 9.47 Å². The summed E-state index contributed by atoms with van der Waals surface area (Å²) in [5.41, 5.74) is 2.95. The lowest BCUT2D eigenvalue weighted by molar-refractivity contribution is -0.384. The summed E-state index contributed by atoms with van der Waals surface area (Å²) < 4.78 is 10.8. The third kappa shape index (κ3) is 3.31. The summed E-state index contributed by atoms with van der Waals surface area (Å²) in [5.74, 6) is 1.29. The van der Waals surface area contributed by atoms with Gasteiger partial charge < -0.3 is 9.47 Å². The van der Waals surface area contributed by atoms with E-state index in [0.29, 0.717) is 11.5 Å². The van der Waals surface area contributed by atoms with Crippen LogP contribution in [-0.4, -0.2) is 25.2 Å². The average Bonchev–Trinajstić information content (AvgIpc) is 2.78. The first-order valence-corrected chi connectivity index (χ1v) is 7.92. The average molecular weight is 341 g/mol. The highest BCUT2D eigenvalue weighted by Crippen LogP contribution is 2.39. The van der Waals surface area contributed by atoms with Gasteiger partial charge in [-0.1, -0.05) is 0 Å². The lowest BCUT2D eigenvalue weighted by atomic mass is 9.92. The molecule has 0 radical (unpaired) electrons. The molecule has 0 saturated heterocycles. The van der Waals surface area contributed by atoms with Crippen LogP contribution in [0.2, 0.25) is 0 Å². The number of benzene rings is 2. The van der Waals surface area contributed by atoms with Gasteiger partial charge in [0.1, 0.15) is 6.04 Å². The standard InChI is InChI=1S/C18H19N3O4/c1-11-8-13-9-16(24-2)17(25-3)10-15(13)18(20-19-11)12-4-6-14(7-5-12)21(22)23/h4-7,9-11,18H,8H2,1-3H3/t11-,18?/m1/s1. The highest BCUT2D eigenvalue weighted by atomic mass is 16.6. The number of rotatable bonds is 4. The second kappa shape index (κ2) is 6.88. The maximum Gasteiger partial charge on any atom is 0.269 e. The van der Waals surface area contributed by atoms with E-state index < -0.39 is 4.92 Å². The Morgan fingerprint density at radius 1 is 1.08 bits per heavy atom. The zero-order valence-electron chi connectivity index (χ0n) is 14.3. The van der Waals surface area contributed by atoms with Gasteiger partial charge in [0, 0.05) is 12.1 Å². The van der Waals surface area contributed by atoms with Crippen LogP contribution in [0.15, 0.2) is 46.6 Å². The fourth-order valence-corrected chi connectivity index (χ4v) is 2.99. The summed E-state index contributed by atoms with van der Waals surface area (Å²) in [6.07, 6.45) is 0.739. The first-order chi connectivity index (χ1) is 12.0. The van der Waals surface area contributed by atoms with Gasteiger partial charge >= 0.3 is 0 Å². The van der Waals surface area contributed by atoms with Crippen molar-refractivity contribution in [3.63, 3.8) is 0 Å². The Labute approximate surface area is 145 Å². The maximum absolute atomic E-state index is 10.9. The van der Waals surface area contributed by atoms with Gasteiger partial charge in [0.05, 0.1) is 25.2 Å². The molecule has 25 heavy (non-hydrogen) atoms. The molecule has 0 aliphatic carbocycles. The van der Waals surface area contributed by atoms with Gasteiger partial charge in [-0.25, -0.2) is 0 Å². The van der Waals surface area contributed by atoms with Crippen LogP contribution >= 0.6 is 0 Å². The summed E-state index contributed by atoms with van der Waals surface area (Å²) in [6.45, 7) is 2.00. The smallest absolute Gasteiger partial charge is 0.269 e. The largest absolute Gasteiger partial charge is 0.493 e. The van der Waals surface area contributed by atoms with E-state index in [1.54, 1.807) is 26.4 Å². The van der Waals surface area contributed by atoms with E-state index in [-0.39, 0.29) is 17.8 Å². The van der Waals surface area contributed by atoms with Crippen LogP contribution in [0.5, 0.6) is 11.5 Å². The van der Waals surface area contributed by atoms with E-state index in [0.717, 1.165) is 23.1 Å². The molecule has 1 heterocycles. The molecule has 130 valence electrons. The molecule has 0 spiro atoms. The number of hydrogen-bond donors (Lipinski definition) is 0. The molecule has 2 aromatic rings. The van der Waals surface area contributed by atoms with Crippen molar-refractivity contribution in [3.05, 3.63) is 63.2 Å². The lowest BCUT2D eigenvalue weighted by Crippen LogP contribution is -2.05. The number of hydrogen-bond acceptors (Lipinski definition) is 6. The third-order valence-electron chi connectivity index (χ3n) is 4.25. The van der Waals surface area contributed by atoms with E-state index in [2.05, 4.69) is 10.2 Å². The molecule has 0 N–H and O–H groups in total. The molecule has 7 nitrogen and oxygen atoms in total. The molecule has 7 heteroatoms. The van der Waals surface area contributed by atoms with Crippen molar-refractivity contribution in [3.8, 4) is 11.5 Å². The van der Waals surface area contributed by atoms with Crippen molar-refractivity contribution in [2.75, 3.05) is 14.2 Å². The monoisotopic (exact) mass is 341 g/mol. The molecular formula is C18H19N3O4. The van der Waals surface area contributed by atoms with Crippen LogP contribution in [0.4, 0.5) is 5.69 Å². The number of nitro groups is 1. The topological polar surface area (TPSA) is 86.3 Å². The van der Waals surface area contributed by atoms with Gasteiger partial charge in [0.25, 0.3) is 5.69 Å². The minimum Gasteiger partial charge on any atom is -0.493 e. The fourth-order valence-electron chi connectivity index (χ4n) is 2.99. The zero-order chi connectivity index (χ0) is 18.0. The lowest BCUT2D eigenvalue weighted by Gasteiger charge is -2.17. The molecule has 1 aliphatic heterocycles. The number of azo groups is 1. The minimum atomic E-state index is -0.414. The van der Waals surface area contributed by atoms with E-state index in [1.807, 2.05) is 19.1 Å². The van der Waals surface area contributed by atoms with Crippen LogP contribution in [0.25, 0.3) is 0 Å². The SMILES string of the molecule is COc1cc2c(cc1OC)C(c1ccc([N+](=O)[O-])cc1)N=N[C@H](C)C2. The normalized spacial score (nSPS) is 19.0. The van der Waals surface area contributed by atoms with Crippen molar-refractivity contribution < 1.29 is 14.4 Å². The zero-order valence-corrected chi connectivity index (χ0v) is 14.3. The van der Waals surface area contributed by atoms with Crippen LogP contribution in [0.1, 0.15) is 29.7 Å². The van der Waals surface area contributed by atoms with Crippen molar-refractivity contribution in [1.82, 2.24) is 0 Å². The van der Waals surface area contributed by atoms with Crippen LogP contribution in [0, 0.1) is 10.1 Å². The Bertz CT molecular complexity index is 818. The number of nitro benzene ring substituents is 1. The molecule has 0 aromatic heterocycles. The number of ether oxygens (including phenoxy) is 2. The Morgan fingerprint density at radius 2 is 1.72 bits per heavy atom. The van der Waals surface area contributed by atoms with E-state index >= 15 is 0 Å².